The molecular weight excluding hydrogens is 1770 g/mol. The van der Waals surface area contributed by atoms with Crippen LogP contribution in [0.15, 0.2) is 158 Å². The zero-order valence-corrected chi connectivity index (χ0v) is 78.2. The second kappa shape index (κ2) is 59.4. The van der Waals surface area contributed by atoms with Crippen LogP contribution in [0.4, 0.5) is 11.4 Å². The average Bonchev–Trinajstić information content (AvgIpc) is 1.55. The highest BCUT2D eigenvalue weighted by atomic mass is 16.6. The summed E-state index contributed by atoms with van der Waals surface area (Å²) in [4.78, 5) is 146. The Hall–Kier alpha value is -12.7. The minimum absolute atomic E-state index is 0.00821. The average molecular weight is 1900 g/mol. The molecule has 0 saturated heterocycles. The number of carboxylic acid groups (broad SMARTS) is 2. The number of H-pyrrole nitrogens is 4. The monoisotopic (exact) mass is 1900 g/mol. The molecule has 0 bridgehead atoms. The molecule has 0 spiro atoms. The fraction of sp³-hybridized carbons (Fsp3) is 0.460. The lowest BCUT2D eigenvalue weighted by Crippen LogP contribution is -2.45. The van der Waals surface area contributed by atoms with Gasteiger partial charge in [0.25, 0.3) is 11.8 Å². The van der Waals surface area contributed by atoms with Crippen LogP contribution >= 0.6 is 0 Å². The Morgan fingerprint density at radius 3 is 0.869 bits per heavy atom. The summed E-state index contributed by atoms with van der Waals surface area (Å²) in [5.74, 6) is -6.33. The molecule has 10 rings (SSSR count). The van der Waals surface area contributed by atoms with Crippen LogP contribution in [0.1, 0.15) is 109 Å². The first-order chi connectivity index (χ1) is 66.6. The number of rotatable bonds is 70. The van der Waals surface area contributed by atoms with Crippen molar-refractivity contribution < 1.29 is 120 Å². The largest absolute Gasteiger partial charge is 0.491 e. The summed E-state index contributed by atoms with van der Waals surface area (Å²) >= 11 is 0. The summed E-state index contributed by atoms with van der Waals surface area (Å²) < 4.78 is 74.0. The van der Waals surface area contributed by atoms with E-state index in [1.807, 2.05) is 137 Å². The minimum Gasteiger partial charge on any atom is -0.491 e. The van der Waals surface area contributed by atoms with E-state index in [4.69, 9.17) is 61.6 Å². The van der Waals surface area contributed by atoms with Crippen molar-refractivity contribution in [2.75, 3.05) is 182 Å². The molecule has 0 saturated carbocycles. The van der Waals surface area contributed by atoms with Crippen LogP contribution < -0.4 is 52.0 Å². The molecule has 4 atom stereocenters. The number of fused-ring (bicyclic) bond motifs is 4. The van der Waals surface area contributed by atoms with Crippen molar-refractivity contribution in [1.29, 1.82) is 0 Å². The number of nitrogens with one attached hydrogen (secondary N) is 12. The molecule has 4 aromatic heterocycles. The van der Waals surface area contributed by atoms with Gasteiger partial charge in [-0.15, -0.1) is 0 Å². The zero-order chi connectivity index (χ0) is 97.1. The van der Waals surface area contributed by atoms with Crippen LogP contribution in [0.5, 0.6) is 11.5 Å². The fourth-order valence-electron chi connectivity index (χ4n) is 14.7. The van der Waals surface area contributed by atoms with E-state index in [-0.39, 0.29) is 162 Å². The van der Waals surface area contributed by atoms with Crippen LogP contribution in [0.25, 0.3) is 43.6 Å². The Balaban J connectivity index is 0.489. The van der Waals surface area contributed by atoms with Crippen molar-refractivity contribution >= 4 is 114 Å². The number of hydrogen-bond acceptors (Lipinski definition) is 23. The van der Waals surface area contributed by atoms with Crippen molar-refractivity contribution in [1.82, 2.24) is 51.8 Å². The number of ether oxygens (including phenoxy) is 13. The standard InChI is InChI=1S/C100H130N12O25/c1-67(2)57-87(99(121)122)111-95(117)69-21-23-83(89(61-69)136-33-29-71-63-103-79-17-9-5-13-75(71)79)109-97(119)85(59-73-65-105-81-19-11-7-15-77(73)81)107-93(115)27-25-91(113)101-31-35-125-37-39-127-41-43-129-45-47-131-49-51-133-53-55-135-56-54-134-52-50-132-48-46-130-44-42-128-40-38-126-36-32-102-92(114)26-28-94(116)108-86(60-74-66-106-82-20-12-8-16-78(74)82)98(120)110-84-24-22-70(96(118)112-88(100(123)124)58-68(3)4)62-90(84)137-34-30-72-64-104-80-18-10-6-14-76(72)80/h5-24,61-68,85-88,103-106H,25-60H2,1-4H3,(H,101,113)(H,102,114)(H,107,115)(H,108,116)(H,109,119)(H,110,120)(H,111,117)(H,112,118)(H,121,122)(H,123,124)/t85-,86-,87-,88-/m0/s1. The van der Waals surface area contributed by atoms with Gasteiger partial charge in [-0.25, -0.2) is 9.59 Å². The maximum absolute atomic E-state index is 14.4. The van der Waals surface area contributed by atoms with E-state index in [2.05, 4.69) is 62.5 Å². The van der Waals surface area contributed by atoms with Gasteiger partial charge in [0.1, 0.15) is 35.7 Å². The first-order valence-electron chi connectivity index (χ1n) is 46.5. The normalized spacial score (nSPS) is 12.4. The third kappa shape index (κ3) is 37.7. The Labute approximate surface area is 795 Å². The number of hydrogen-bond donors (Lipinski definition) is 14. The first-order valence-corrected chi connectivity index (χ1v) is 46.5. The van der Waals surface area contributed by atoms with E-state index in [9.17, 15) is 58.2 Å². The van der Waals surface area contributed by atoms with Gasteiger partial charge in [0.2, 0.25) is 35.4 Å². The molecule has 0 aliphatic rings. The van der Waals surface area contributed by atoms with Crippen LogP contribution in [-0.2, 0) is 116 Å². The lowest BCUT2D eigenvalue weighted by atomic mass is 10.0. The highest BCUT2D eigenvalue weighted by Crippen LogP contribution is 2.32. The van der Waals surface area contributed by atoms with Crippen molar-refractivity contribution in [3.05, 3.63) is 192 Å². The Bertz CT molecular complexity index is 5110. The topological polar surface area (TPSA) is 491 Å². The van der Waals surface area contributed by atoms with E-state index < -0.39 is 71.5 Å². The quantitative estimate of drug-likeness (QED) is 0.0158. The maximum atomic E-state index is 14.4. The third-order valence-corrected chi connectivity index (χ3v) is 21.7. The van der Waals surface area contributed by atoms with E-state index in [1.54, 1.807) is 12.4 Å². The molecule has 4 heterocycles. The minimum atomic E-state index is -1.17. The van der Waals surface area contributed by atoms with Crippen LogP contribution in [0.3, 0.4) is 0 Å². The zero-order valence-electron chi connectivity index (χ0n) is 78.2. The first kappa shape index (κ1) is 106. The smallest absolute Gasteiger partial charge is 0.326 e. The maximum Gasteiger partial charge on any atom is 0.326 e. The molecule has 0 aliphatic carbocycles. The second-order valence-corrected chi connectivity index (χ2v) is 33.1. The van der Waals surface area contributed by atoms with E-state index in [0.717, 1.165) is 65.9 Å². The Morgan fingerprint density at radius 1 is 0.307 bits per heavy atom. The van der Waals surface area contributed by atoms with Gasteiger partial charge in [-0.2, -0.15) is 0 Å². The fourth-order valence-corrected chi connectivity index (χ4v) is 14.7. The number of carbonyl (C=O) groups is 10. The van der Waals surface area contributed by atoms with E-state index in [0.29, 0.717) is 132 Å². The number of benzene rings is 6. The van der Waals surface area contributed by atoms with Gasteiger partial charge < -0.3 is 134 Å². The summed E-state index contributed by atoms with van der Waals surface area (Å²) in [6, 6.07) is 35.1. The summed E-state index contributed by atoms with van der Waals surface area (Å²) in [5, 5.41) is 45.7. The molecule has 0 aliphatic heterocycles. The van der Waals surface area contributed by atoms with Gasteiger partial charge in [0.05, 0.1) is 170 Å². The number of carboxylic acids is 2. The number of aromatic nitrogens is 4. The van der Waals surface area contributed by atoms with Gasteiger partial charge in [0, 0.05) is 144 Å². The molecule has 8 amide bonds. The van der Waals surface area contributed by atoms with Gasteiger partial charge in [0.15, 0.2) is 0 Å². The molecular formula is C100H130N12O25. The predicted molar refractivity (Wildman–Crippen MR) is 513 cm³/mol. The van der Waals surface area contributed by atoms with Crippen molar-refractivity contribution in [3.63, 3.8) is 0 Å². The molecule has 0 unspecified atom stereocenters. The molecule has 740 valence electrons. The highest BCUT2D eigenvalue weighted by Gasteiger charge is 2.30. The van der Waals surface area contributed by atoms with Crippen molar-refractivity contribution in [3.8, 4) is 11.5 Å². The molecule has 37 heteroatoms. The number of aliphatic carboxylic acids is 2. The van der Waals surface area contributed by atoms with Gasteiger partial charge >= 0.3 is 11.9 Å². The summed E-state index contributed by atoms with van der Waals surface area (Å²) in [7, 11) is 0. The Morgan fingerprint density at radius 2 is 0.577 bits per heavy atom. The molecule has 0 fully saturated rings. The summed E-state index contributed by atoms with van der Waals surface area (Å²) in [5.41, 5.74) is 7.74. The van der Waals surface area contributed by atoms with E-state index >= 15 is 0 Å². The third-order valence-electron chi connectivity index (χ3n) is 21.7. The lowest BCUT2D eigenvalue weighted by molar-refractivity contribution is -0.140. The SMILES string of the molecule is CC(C)C[C@H](NC(=O)c1ccc(NC(=O)[C@H](Cc2c[nH]c3ccccc23)NC(=O)CCC(=O)NCCOCCOCCOCCOCCOCCOCCOCCOCCOCCOCCOCCNC(=O)CCC(=O)N[C@@H](Cc2c[nH]c3ccccc23)C(=O)Nc2ccc(C(=O)N[C@@H](CC(C)C)C(=O)O)cc2OCCc2c[nH]c3ccccc23)c(OCCc2c[nH]c3ccccc23)c1)C(=O)O. The van der Waals surface area contributed by atoms with Crippen LogP contribution in [0, 0.1) is 11.8 Å². The summed E-state index contributed by atoms with van der Waals surface area (Å²) in [6.07, 6.45) is 8.12. The van der Waals surface area contributed by atoms with Crippen LogP contribution in [-0.4, -0.2) is 285 Å². The lowest BCUT2D eigenvalue weighted by Gasteiger charge is -2.21. The molecule has 0 radical (unpaired) electrons. The number of amides is 8. The number of carbonyl (C=O) groups excluding carboxylic acids is 8. The van der Waals surface area contributed by atoms with E-state index in [1.165, 1.54) is 36.4 Å². The highest BCUT2D eigenvalue weighted by molar-refractivity contribution is 6.03. The number of para-hydroxylation sites is 4. The van der Waals surface area contributed by atoms with Crippen molar-refractivity contribution in [2.24, 2.45) is 11.8 Å². The second-order valence-electron chi connectivity index (χ2n) is 33.1. The van der Waals surface area contributed by atoms with Gasteiger partial charge in [-0.05, 0) is 108 Å². The molecule has 10 aromatic rings. The molecule has 6 aromatic carbocycles. The Kier molecular flexibility index (Phi) is 46.1. The van der Waals surface area contributed by atoms with Gasteiger partial charge in [-0.3, -0.25) is 38.4 Å². The van der Waals surface area contributed by atoms with Crippen molar-refractivity contribution in [2.45, 2.75) is 116 Å². The molecule has 37 nitrogen and oxygen atoms in total. The van der Waals surface area contributed by atoms with Crippen LogP contribution in [0.2, 0.25) is 0 Å². The number of anilines is 2. The number of aromatic amines is 4. The molecule has 14 N–H and O–H groups in total. The summed E-state index contributed by atoms with van der Waals surface area (Å²) in [6.45, 7) is 15.9. The molecule has 137 heavy (non-hydrogen) atoms. The van der Waals surface area contributed by atoms with Gasteiger partial charge in [-0.1, -0.05) is 100 Å². The predicted octanol–water partition coefficient (Wildman–Crippen LogP) is 9.32.